The van der Waals surface area contributed by atoms with Crippen molar-refractivity contribution in [1.29, 1.82) is 0 Å². The van der Waals surface area contributed by atoms with E-state index < -0.39 is 0 Å². The Morgan fingerprint density at radius 1 is 1.12 bits per heavy atom. The molecule has 4 nitrogen and oxygen atoms in total. The number of nitrogens with one attached hydrogen (secondary N) is 2. The Hall–Kier alpha value is -1.03. The smallest absolute Gasteiger partial charge is 0.316 e. The molecular weight excluding hydrogens is 204 g/mol. The second kappa shape index (κ2) is 12.0. The molecule has 0 saturated carbocycles. The molecule has 0 spiro atoms. The Bertz CT molecular complexity index is 193. The molecule has 0 aromatic carbocycles. The van der Waals surface area contributed by atoms with Crippen molar-refractivity contribution in [3.8, 4) is 0 Å². The predicted octanol–water partition coefficient (Wildman–Crippen LogP) is 2.15. The van der Waals surface area contributed by atoms with E-state index in [0.29, 0.717) is 6.54 Å². The van der Waals surface area contributed by atoms with Crippen molar-refractivity contribution in [2.45, 2.75) is 45.4 Å². The van der Waals surface area contributed by atoms with Gasteiger partial charge in [-0.3, -0.25) is 0 Å². The normalized spacial score (nSPS) is 10.6. The zero-order valence-corrected chi connectivity index (χ0v) is 10.2. The van der Waals surface area contributed by atoms with E-state index in [9.17, 15) is 4.79 Å². The zero-order chi connectivity index (χ0) is 12.1. The predicted molar refractivity (Wildman–Crippen MR) is 66.1 cm³/mol. The molecule has 0 unspecified atom stereocenters. The molecule has 0 aromatic heterocycles. The van der Waals surface area contributed by atoms with E-state index in [-0.39, 0.29) is 12.8 Å². The second-order valence-electron chi connectivity index (χ2n) is 3.70. The number of unbranched alkanes of at least 4 members (excludes halogenated alkanes) is 4. The van der Waals surface area contributed by atoms with Gasteiger partial charge in [-0.15, -0.1) is 0 Å². The minimum absolute atomic E-state index is 0.301. The van der Waals surface area contributed by atoms with Crippen LogP contribution in [0.4, 0.5) is 4.79 Å². The quantitative estimate of drug-likeness (QED) is 0.322. The second-order valence-corrected chi connectivity index (χ2v) is 3.70. The highest BCUT2D eigenvalue weighted by Gasteiger charge is 1.95. The topological polar surface area (TPSA) is 61.4 Å². The average molecular weight is 228 g/mol. The number of aliphatic hydroxyl groups is 1. The van der Waals surface area contributed by atoms with E-state index in [1.165, 1.54) is 19.3 Å². The van der Waals surface area contributed by atoms with Gasteiger partial charge in [-0.1, -0.05) is 31.9 Å². The van der Waals surface area contributed by atoms with Crippen LogP contribution < -0.4 is 10.6 Å². The standard InChI is InChI=1S/C12H24N2O2/c1-2-3-4-5-6-7-8-9-10-13-12(16)14-11-15/h4-5,15H,2-3,6-11H2,1H3,(H2,13,14,16)/b5-4+. The number of rotatable bonds is 9. The van der Waals surface area contributed by atoms with Crippen LogP contribution in [0.5, 0.6) is 0 Å². The Kier molecular flexibility index (Phi) is 11.3. The summed E-state index contributed by atoms with van der Waals surface area (Å²) in [5.41, 5.74) is 0. The first-order chi connectivity index (χ1) is 7.81. The molecule has 0 atom stereocenters. The minimum Gasteiger partial charge on any atom is -0.376 e. The molecule has 0 aliphatic heterocycles. The fourth-order valence-corrected chi connectivity index (χ4v) is 1.30. The van der Waals surface area contributed by atoms with Crippen LogP contribution in [-0.2, 0) is 0 Å². The number of allylic oxidation sites excluding steroid dienone is 2. The number of carbonyl (C=O) groups excluding carboxylic acids is 1. The van der Waals surface area contributed by atoms with Crippen molar-refractivity contribution in [1.82, 2.24) is 10.6 Å². The van der Waals surface area contributed by atoms with Gasteiger partial charge in [-0.05, 0) is 25.7 Å². The number of amides is 2. The van der Waals surface area contributed by atoms with E-state index >= 15 is 0 Å². The van der Waals surface area contributed by atoms with Gasteiger partial charge in [0.25, 0.3) is 0 Å². The number of carbonyl (C=O) groups is 1. The molecule has 0 heterocycles. The Labute approximate surface area is 98.1 Å². The molecule has 0 aliphatic carbocycles. The third-order valence-corrected chi connectivity index (χ3v) is 2.19. The van der Waals surface area contributed by atoms with Crippen molar-refractivity contribution in [2.75, 3.05) is 13.3 Å². The van der Waals surface area contributed by atoms with Crippen LogP contribution in [0.3, 0.4) is 0 Å². The summed E-state index contributed by atoms with van der Waals surface area (Å²) in [6.45, 7) is 2.53. The lowest BCUT2D eigenvalue weighted by molar-refractivity contribution is 0.217. The summed E-state index contributed by atoms with van der Waals surface area (Å²) >= 11 is 0. The van der Waals surface area contributed by atoms with E-state index in [1.807, 2.05) is 0 Å². The molecule has 0 radical (unpaired) electrons. The fourth-order valence-electron chi connectivity index (χ4n) is 1.30. The van der Waals surface area contributed by atoms with Crippen LogP contribution in [-0.4, -0.2) is 24.4 Å². The maximum Gasteiger partial charge on any atom is 0.316 e. The van der Waals surface area contributed by atoms with Crippen LogP contribution in [0.1, 0.15) is 45.4 Å². The molecule has 94 valence electrons. The van der Waals surface area contributed by atoms with Crippen LogP contribution in [0.2, 0.25) is 0 Å². The van der Waals surface area contributed by atoms with Crippen LogP contribution in [0.25, 0.3) is 0 Å². The van der Waals surface area contributed by atoms with E-state index in [4.69, 9.17) is 5.11 Å². The van der Waals surface area contributed by atoms with Gasteiger partial charge in [-0.25, -0.2) is 4.79 Å². The highest BCUT2D eigenvalue weighted by Crippen LogP contribution is 2.01. The summed E-state index contributed by atoms with van der Waals surface area (Å²) in [5, 5.41) is 13.3. The van der Waals surface area contributed by atoms with Gasteiger partial charge in [0.1, 0.15) is 6.73 Å². The number of hydrogen-bond donors (Lipinski definition) is 3. The van der Waals surface area contributed by atoms with Crippen molar-refractivity contribution in [3.05, 3.63) is 12.2 Å². The summed E-state index contributed by atoms with van der Waals surface area (Å²) in [7, 11) is 0. The highest BCUT2D eigenvalue weighted by molar-refractivity contribution is 5.73. The van der Waals surface area contributed by atoms with Gasteiger partial charge in [0.2, 0.25) is 0 Å². The first-order valence-electron chi connectivity index (χ1n) is 6.08. The maximum absolute atomic E-state index is 10.9. The first kappa shape index (κ1) is 15.0. The first-order valence-corrected chi connectivity index (χ1v) is 6.08. The van der Waals surface area contributed by atoms with Gasteiger partial charge in [0.05, 0.1) is 0 Å². The Balaban J connectivity index is 3.12. The van der Waals surface area contributed by atoms with Gasteiger partial charge in [-0.2, -0.15) is 0 Å². The molecule has 0 rings (SSSR count). The summed E-state index contributed by atoms with van der Waals surface area (Å²) in [4.78, 5) is 10.9. The summed E-state index contributed by atoms with van der Waals surface area (Å²) in [6, 6.07) is -0.301. The molecule has 0 aliphatic rings. The molecule has 0 saturated heterocycles. The fraction of sp³-hybridized carbons (Fsp3) is 0.750. The lowest BCUT2D eigenvalue weighted by Gasteiger charge is -2.04. The summed E-state index contributed by atoms with van der Waals surface area (Å²) in [5.74, 6) is 0. The van der Waals surface area contributed by atoms with Crippen molar-refractivity contribution in [3.63, 3.8) is 0 Å². The van der Waals surface area contributed by atoms with Crippen LogP contribution >= 0.6 is 0 Å². The van der Waals surface area contributed by atoms with Crippen molar-refractivity contribution < 1.29 is 9.90 Å². The van der Waals surface area contributed by atoms with Gasteiger partial charge in [0, 0.05) is 6.54 Å². The third kappa shape index (κ3) is 11.0. The lowest BCUT2D eigenvalue weighted by atomic mass is 10.2. The molecule has 0 aromatic rings. The average Bonchev–Trinajstić information content (AvgIpc) is 2.27. The maximum atomic E-state index is 10.9. The van der Waals surface area contributed by atoms with Crippen LogP contribution in [0.15, 0.2) is 12.2 Å². The monoisotopic (exact) mass is 228 g/mol. The number of urea groups is 1. The molecule has 2 amide bonds. The third-order valence-electron chi connectivity index (χ3n) is 2.19. The summed E-state index contributed by atoms with van der Waals surface area (Å²) < 4.78 is 0. The summed E-state index contributed by atoms with van der Waals surface area (Å²) in [6.07, 6.45) is 11.2. The number of hydrogen-bond acceptors (Lipinski definition) is 2. The minimum atomic E-state index is -0.311. The molecule has 0 bridgehead atoms. The SMILES string of the molecule is CCC/C=C/CCCCCNC(=O)NCO. The van der Waals surface area contributed by atoms with E-state index in [1.54, 1.807) is 0 Å². The van der Waals surface area contributed by atoms with Gasteiger partial charge in [0.15, 0.2) is 0 Å². The highest BCUT2D eigenvalue weighted by atomic mass is 16.3. The molecule has 4 heteroatoms. The van der Waals surface area contributed by atoms with Crippen molar-refractivity contribution in [2.24, 2.45) is 0 Å². The van der Waals surface area contributed by atoms with Gasteiger partial charge >= 0.3 is 6.03 Å². The Morgan fingerprint density at radius 3 is 2.56 bits per heavy atom. The molecule has 0 fully saturated rings. The largest absolute Gasteiger partial charge is 0.376 e. The number of aliphatic hydroxyl groups excluding tert-OH is 1. The van der Waals surface area contributed by atoms with Gasteiger partial charge < -0.3 is 15.7 Å². The molecular formula is C12H24N2O2. The Morgan fingerprint density at radius 2 is 1.88 bits per heavy atom. The van der Waals surface area contributed by atoms with Crippen LogP contribution in [0, 0.1) is 0 Å². The van der Waals surface area contributed by atoms with Crippen molar-refractivity contribution >= 4 is 6.03 Å². The molecule has 16 heavy (non-hydrogen) atoms. The molecule has 3 N–H and O–H groups in total. The lowest BCUT2D eigenvalue weighted by Crippen LogP contribution is -2.36. The van der Waals surface area contributed by atoms with E-state index in [2.05, 4.69) is 29.7 Å². The zero-order valence-electron chi connectivity index (χ0n) is 10.2. The van der Waals surface area contributed by atoms with E-state index in [0.717, 1.165) is 19.3 Å².